The SMILES string of the molecule is CCCC(=O)Nc1ccc(CNC(=NC)NCC2CC2)cc1. The number of hydrogen-bond donors (Lipinski definition) is 3. The Kier molecular flexibility index (Phi) is 6.25. The van der Waals surface area contributed by atoms with E-state index < -0.39 is 0 Å². The van der Waals surface area contributed by atoms with Crippen molar-refractivity contribution in [1.82, 2.24) is 10.6 Å². The van der Waals surface area contributed by atoms with E-state index in [1.165, 1.54) is 12.8 Å². The maximum absolute atomic E-state index is 11.5. The molecule has 0 heterocycles. The quantitative estimate of drug-likeness (QED) is 0.535. The lowest BCUT2D eigenvalue weighted by atomic mass is 10.2. The highest BCUT2D eigenvalue weighted by Gasteiger charge is 2.20. The second kappa shape index (κ2) is 8.41. The highest BCUT2D eigenvalue weighted by molar-refractivity contribution is 5.90. The number of amides is 1. The molecule has 0 aliphatic heterocycles. The minimum Gasteiger partial charge on any atom is -0.356 e. The average molecular weight is 302 g/mol. The summed E-state index contributed by atoms with van der Waals surface area (Å²) in [5.41, 5.74) is 2.00. The van der Waals surface area contributed by atoms with E-state index in [2.05, 4.69) is 20.9 Å². The van der Waals surface area contributed by atoms with Crippen LogP contribution in [0.4, 0.5) is 5.69 Å². The van der Waals surface area contributed by atoms with Crippen LogP contribution in [0.2, 0.25) is 0 Å². The van der Waals surface area contributed by atoms with Crippen molar-refractivity contribution in [3.05, 3.63) is 29.8 Å². The molecule has 0 radical (unpaired) electrons. The molecule has 0 saturated heterocycles. The Balaban J connectivity index is 1.76. The van der Waals surface area contributed by atoms with E-state index in [9.17, 15) is 4.79 Å². The third kappa shape index (κ3) is 5.76. The minimum absolute atomic E-state index is 0.0676. The highest BCUT2D eigenvalue weighted by atomic mass is 16.1. The monoisotopic (exact) mass is 302 g/mol. The van der Waals surface area contributed by atoms with Gasteiger partial charge >= 0.3 is 0 Å². The van der Waals surface area contributed by atoms with E-state index in [1.807, 2.05) is 31.2 Å². The molecule has 0 aromatic heterocycles. The van der Waals surface area contributed by atoms with Crippen LogP contribution in [0.25, 0.3) is 0 Å². The molecule has 1 aliphatic carbocycles. The number of carbonyl (C=O) groups excluding carboxylic acids is 1. The van der Waals surface area contributed by atoms with Gasteiger partial charge in [0.15, 0.2) is 5.96 Å². The number of nitrogens with one attached hydrogen (secondary N) is 3. The van der Waals surface area contributed by atoms with Gasteiger partial charge in [-0.15, -0.1) is 0 Å². The Bertz CT molecular complexity index is 506. The minimum atomic E-state index is 0.0676. The van der Waals surface area contributed by atoms with Gasteiger partial charge in [0.25, 0.3) is 0 Å². The molecule has 1 saturated carbocycles. The number of aliphatic imine (C=N–C) groups is 1. The van der Waals surface area contributed by atoms with Crippen LogP contribution in [-0.4, -0.2) is 25.5 Å². The van der Waals surface area contributed by atoms with Crippen LogP contribution in [0.1, 0.15) is 38.2 Å². The third-order valence-electron chi connectivity index (χ3n) is 3.65. The lowest BCUT2D eigenvalue weighted by molar-refractivity contribution is -0.116. The van der Waals surface area contributed by atoms with Crippen LogP contribution >= 0.6 is 0 Å². The van der Waals surface area contributed by atoms with Crippen molar-refractivity contribution in [2.45, 2.75) is 39.2 Å². The van der Waals surface area contributed by atoms with Gasteiger partial charge in [-0.3, -0.25) is 9.79 Å². The molecule has 0 atom stereocenters. The average Bonchev–Trinajstić information content (AvgIpc) is 3.33. The zero-order chi connectivity index (χ0) is 15.8. The second-order valence-electron chi connectivity index (χ2n) is 5.75. The van der Waals surface area contributed by atoms with E-state index in [-0.39, 0.29) is 5.91 Å². The van der Waals surface area contributed by atoms with Crippen molar-refractivity contribution in [1.29, 1.82) is 0 Å². The Labute approximate surface area is 132 Å². The predicted molar refractivity (Wildman–Crippen MR) is 90.9 cm³/mol. The molecule has 22 heavy (non-hydrogen) atoms. The van der Waals surface area contributed by atoms with E-state index in [1.54, 1.807) is 7.05 Å². The van der Waals surface area contributed by atoms with E-state index in [0.29, 0.717) is 13.0 Å². The zero-order valence-electron chi connectivity index (χ0n) is 13.5. The normalized spacial score (nSPS) is 14.5. The van der Waals surface area contributed by atoms with Crippen molar-refractivity contribution in [2.75, 3.05) is 18.9 Å². The summed E-state index contributed by atoms with van der Waals surface area (Å²) in [4.78, 5) is 15.8. The molecular formula is C17H26N4O. The first-order valence-corrected chi connectivity index (χ1v) is 8.04. The second-order valence-corrected chi connectivity index (χ2v) is 5.75. The fraction of sp³-hybridized carbons (Fsp3) is 0.529. The van der Waals surface area contributed by atoms with Gasteiger partial charge < -0.3 is 16.0 Å². The standard InChI is InChI=1S/C17H26N4O/c1-3-4-16(22)21-15-9-7-14(8-10-15)12-20-17(18-2)19-11-13-5-6-13/h7-10,13H,3-6,11-12H2,1-2H3,(H,21,22)(H2,18,19,20). The first-order valence-electron chi connectivity index (χ1n) is 8.04. The molecule has 1 aromatic carbocycles. The smallest absolute Gasteiger partial charge is 0.224 e. The summed E-state index contributed by atoms with van der Waals surface area (Å²) in [6.45, 7) is 3.72. The predicted octanol–water partition coefficient (Wildman–Crippen LogP) is 2.50. The fourth-order valence-electron chi connectivity index (χ4n) is 2.13. The van der Waals surface area contributed by atoms with Crippen LogP contribution in [-0.2, 0) is 11.3 Å². The molecule has 0 unspecified atom stereocenters. The third-order valence-corrected chi connectivity index (χ3v) is 3.65. The molecule has 3 N–H and O–H groups in total. The van der Waals surface area contributed by atoms with Crippen LogP contribution < -0.4 is 16.0 Å². The molecule has 0 spiro atoms. The molecule has 1 aromatic rings. The molecule has 5 nitrogen and oxygen atoms in total. The summed E-state index contributed by atoms with van der Waals surface area (Å²) in [6, 6.07) is 7.90. The Morgan fingerprint density at radius 3 is 2.55 bits per heavy atom. The number of carbonyl (C=O) groups is 1. The van der Waals surface area contributed by atoms with Gasteiger partial charge in [0, 0.05) is 32.2 Å². The van der Waals surface area contributed by atoms with Gasteiger partial charge in [0.1, 0.15) is 0 Å². The largest absolute Gasteiger partial charge is 0.356 e. The number of anilines is 1. The summed E-state index contributed by atoms with van der Waals surface area (Å²) in [5, 5.41) is 9.53. The van der Waals surface area contributed by atoms with Gasteiger partial charge in [-0.05, 0) is 42.9 Å². The fourth-order valence-corrected chi connectivity index (χ4v) is 2.13. The van der Waals surface area contributed by atoms with Crippen LogP contribution in [0.3, 0.4) is 0 Å². The van der Waals surface area contributed by atoms with E-state index >= 15 is 0 Å². The number of benzene rings is 1. The Hall–Kier alpha value is -2.04. The summed E-state index contributed by atoms with van der Waals surface area (Å²) in [7, 11) is 1.79. The molecule has 1 amide bonds. The van der Waals surface area contributed by atoms with Crippen molar-refractivity contribution in [2.24, 2.45) is 10.9 Å². The zero-order valence-corrected chi connectivity index (χ0v) is 13.5. The molecule has 2 rings (SSSR count). The van der Waals surface area contributed by atoms with Crippen LogP contribution in [0.15, 0.2) is 29.3 Å². The molecule has 5 heteroatoms. The van der Waals surface area contributed by atoms with Gasteiger partial charge in [-0.25, -0.2) is 0 Å². The lowest BCUT2D eigenvalue weighted by Crippen LogP contribution is -2.37. The van der Waals surface area contributed by atoms with Crippen LogP contribution in [0, 0.1) is 5.92 Å². The van der Waals surface area contributed by atoms with Crippen molar-refractivity contribution in [3.8, 4) is 0 Å². The topological polar surface area (TPSA) is 65.5 Å². The summed E-state index contributed by atoms with van der Waals surface area (Å²) in [6.07, 6.45) is 4.08. The Morgan fingerprint density at radius 1 is 1.23 bits per heavy atom. The number of rotatable bonds is 7. The molecule has 120 valence electrons. The van der Waals surface area contributed by atoms with Crippen LogP contribution in [0.5, 0.6) is 0 Å². The van der Waals surface area contributed by atoms with Gasteiger partial charge in [-0.1, -0.05) is 19.1 Å². The first-order chi connectivity index (χ1) is 10.7. The molecule has 1 fully saturated rings. The summed E-state index contributed by atoms with van der Waals surface area (Å²) < 4.78 is 0. The maximum Gasteiger partial charge on any atom is 0.224 e. The lowest BCUT2D eigenvalue weighted by Gasteiger charge is -2.12. The number of hydrogen-bond acceptors (Lipinski definition) is 2. The highest BCUT2D eigenvalue weighted by Crippen LogP contribution is 2.27. The van der Waals surface area contributed by atoms with E-state index in [4.69, 9.17) is 0 Å². The van der Waals surface area contributed by atoms with Crippen molar-refractivity contribution >= 4 is 17.6 Å². The van der Waals surface area contributed by atoms with Crippen molar-refractivity contribution in [3.63, 3.8) is 0 Å². The maximum atomic E-state index is 11.5. The number of nitrogens with zero attached hydrogens (tertiary/aromatic N) is 1. The van der Waals surface area contributed by atoms with E-state index in [0.717, 1.165) is 36.1 Å². The molecular weight excluding hydrogens is 276 g/mol. The van der Waals surface area contributed by atoms with Crippen molar-refractivity contribution < 1.29 is 4.79 Å². The summed E-state index contributed by atoms with van der Waals surface area (Å²) in [5.74, 6) is 1.73. The summed E-state index contributed by atoms with van der Waals surface area (Å²) >= 11 is 0. The Morgan fingerprint density at radius 2 is 1.95 bits per heavy atom. The molecule has 1 aliphatic rings. The van der Waals surface area contributed by atoms with Gasteiger partial charge in [-0.2, -0.15) is 0 Å². The molecule has 0 bridgehead atoms. The number of guanidine groups is 1. The van der Waals surface area contributed by atoms with Gasteiger partial charge in [0.05, 0.1) is 0 Å². The first kappa shape index (κ1) is 16.3. The van der Waals surface area contributed by atoms with Gasteiger partial charge in [0.2, 0.25) is 5.91 Å².